The number of hydrogen-bond donors (Lipinski definition) is 0. The molecule has 3 aromatic rings. The molecule has 0 unspecified atom stereocenters. The van der Waals surface area contributed by atoms with Crippen molar-refractivity contribution < 1.29 is 14.3 Å². The Bertz CT molecular complexity index is 968. The summed E-state index contributed by atoms with van der Waals surface area (Å²) in [5.41, 5.74) is 3.48. The number of halogens is 1. The monoisotopic (exact) mass is 383 g/mol. The standard InChI is InChI=1S/C20H18ClN3O3/c1-26-13-18(20(25)27-2)17-10-16(21)9-8-15(17)11-24-12-19(22-23-24)14-6-4-3-5-7-14/h3-10,12-13H,11H2,1-2H3/b18-13+. The molecule has 1 aromatic heterocycles. The summed E-state index contributed by atoms with van der Waals surface area (Å²) in [6, 6.07) is 15.1. The van der Waals surface area contributed by atoms with E-state index in [1.807, 2.05) is 42.6 Å². The Balaban J connectivity index is 1.95. The Morgan fingerprint density at radius 3 is 2.67 bits per heavy atom. The lowest BCUT2D eigenvalue weighted by atomic mass is 10.0. The van der Waals surface area contributed by atoms with Gasteiger partial charge in [-0.1, -0.05) is 53.2 Å². The highest BCUT2D eigenvalue weighted by atomic mass is 35.5. The van der Waals surface area contributed by atoms with E-state index in [9.17, 15) is 4.79 Å². The third-order valence-electron chi connectivity index (χ3n) is 3.94. The van der Waals surface area contributed by atoms with Crippen molar-refractivity contribution in [2.75, 3.05) is 14.2 Å². The van der Waals surface area contributed by atoms with Gasteiger partial charge >= 0.3 is 5.97 Å². The fourth-order valence-corrected chi connectivity index (χ4v) is 2.85. The zero-order valence-electron chi connectivity index (χ0n) is 14.9. The highest BCUT2D eigenvalue weighted by molar-refractivity contribution is 6.31. The van der Waals surface area contributed by atoms with Crippen LogP contribution in [0.1, 0.15) is 11.1 Å². The number of nitrogens with zero attached hydrogens (tertiary/aromatic N) is 3. The zero-order chi connectivity index (χ0) is 19.2. The molecule has 0 N–H and O–H groups in total. The van der Waals surface area contributed by atoms with Crippen molar-refractivity contribution in [3.05, 3.63) is 77.1 Å². The summed E-state index contributed by atoms with van der Waals surface area (Å²) in [5.74, 6) is -0.510. The molecule has 0 radical (unpaired) electrons. The van der Waals surface area contributed by atoms with Crippen LogP contribution < -0.4 is 0 Å². The maximum atomic E-state index is 12.2. The first-order chi connectivity index (χ1) is 13.1. The average molecular weight is 384 g/mol. The predicted octanol–water partition coefficient (Wildman–Crippen LogP) is 3.81. The van der Waals surface area contributed by atoms with Crippen LogP contribution in [0.25, 0.3) is 16.8 Å². The van der Waals surface area contributed by atoms with E-state index in [4.69, 9.17) is 21.1 Å². The topological polar surface area (TPSA) is 66.2 Å². The Labute approximate surface area is 162 Å². The van der Waals surface area contributed by atoms with Gasteiger partial charge in [-0.25, -0.2) is 9.48 Å². The molecule has 2 aromatic carbocycles. The van der Waals surface area contributed by atoms with Crippen molar-refractivity contribution in [2.45, 2.75) is 6.54 Å². The molecule has 6 nitrogen and oxygen atoms in total. The van der Waals surface area contributed by atoms with Crippen LogP contribution >= 0.6 is 11.6 Å². The number of carbonyl (C=O) groups is 1. The first kappa shape index (κ1) is 18.7. The smallest absolute Gasteiger partial charge is 0.341 e. The molecule has 0 atom stereocenters. The fourth-order valence-electron chi connectivity index (χ4n) is 2.68. The number of carbonyl (C=O) groups excluding carboxylic acids is 1. The van der Waals surface area contributed by atoms with E-state index in [0.717, 1.165) is 16.8 Å². The fraction of sp³-hybridized carbons (Fsp3) is 0.150. The lowest BCUT2D eigenvalue weighted by molar-refractivity contribution is -0.133. The Kier molecular flexibility index (Phi) is 5.88. The largest absolute Gasteiger partial charge is 0.503 e. The summed E-state index contributed by atoms with van der Waals surface area (Å²) in [6.45, 7) is 0.407. The minimum Gasteiger partial charge on any atom is -0.503 e. The average Bonchev–Trinajstić information content (AvgIpc) is 3.16. The van der Waals surface area contributed by atoms with Crippen LogP contribution in [-0.2, 0) is 20.8 Å². The number of hydrogen-bond acceptors (Lipinski definition) is 5. The summed E-state index contributed by atoms with van der Waals surface area (Å²) >= 11 is 6.14. The Morgan fingerprint density at radius 1 is 1.19 bits per heavy atom. The van der Waals surface area contributed by atoms with Gasteiger partial charge in [-0.05, 0) is 23.3 Å². The van der Waals surface area contributed by atoms with Crippen molar-refractivity contribution in [1.29, 1.82) is 0 Å². The molecule has 3 rings (SSSR count). The van der Waals surface area contributed by atoms with Crippen LogP contribution in [-0.4, -0.2) is 35.2 Å². The van der Waals surface area contributed by atoms with E-state index in [1.54, 1.807) is 16.8 Å². The first-order valence-corrected chi connectivity index (χ1v) is 8.56. The van der Waals surface area contributed by atoms with Crippen molar-refractivity contribution in [2.24, 2.45) is 0 Å². The van der Waals surface area contributed by atoms with Gasteiger partial charge in [0, 0.05) is 10.6 Å². The van der Waals surface area contributed by atoms with E-state index in [0.29, 0.717) is 17.1 Å². The molecule has 0 fully saturated rings. The molecule has 0 aliphatic carbocycles. The van der Waals surface area contributed by atoms with Crippen LogP contribution in [0, 0.1) is 0 Å². The first-order valence-electron chi connectivity index (χ1n) is 8.18. The van der Waals surface area contributed by atoms with Crippen LogP contribution in [0.15, 0.2) is 61.0 Å². The van der Waals surface area contributed by atoms with Gasteiger partial charge in [0.05, 0.1) is 33.2 Å². The van der Waals surface area contributed by atoms with Gasteiger partial charge in [0.15, 0.2) is 0 Å². The molecule has 1 heterocycles. The highest BCUT2D eigenvalue weighted by Gasteiger charge is 2.18. The second kappa shape index (κ2) is 8.51. The van der Waals surface area contributed by atoms with Gasteiger partial charge in [-0.15, -0.1) is 5.10 Å². The molecule has 138 valence electrons. The summed E-state index contributed by atoms with van der Waals surface area (Å²) in [7, 11) is 2.79. The van der Waals surface area contributed by atoms with E-state index in [1.165, 1.54) is 20.5 Å². The normalized spacial score (nSPS) is 11.3. The molecule has 0 aliphatic rings. The van der Waals surface area contributed by atoms with Crippen molar-refractivity contribution in [3.63, 3.8) is 0 Å². The SMILES string of the molecule is CO/C=C(/C(=O)OC)c1cc(Cl)ccc1Cn1cc(-c2ccccc2)nn1. The van der Waals surface area contributed by atoms with Gasteiger partial charge in [-0.3, -0.25) is 0 Å². The quantitative estimate of drug-likeness (QED) is 0.368. The molecular weight excluding hydrogens is 366 g/mol. The van der Waals surface area contributed by atoms with Crippen molar-refractivity contribution >= 4 is 23.1 Å². The molecule has 27 heavy (non-hydrogen) atoms. The maximum absolute atomic E-state index is 12.2. The molecule has 0 aliphatic heterocycles. The van der Waals surface area contributed by atoms with Crippen molar-refractivity contribution in [1.82, 2.24) is 15.0 Å². The number of benzene rings is 2. The van der Waals surface area contributed by atoms with Gasteiger partial charge in [0.1, 0.15) is 11.3 Å². The van der Waals surface area contributed by atoms with E-state index < -0.39 is 5.97 Å². The third-order valence-corrected chi connectivity index (χ3v) is 4.18. The van der Waals surface area contributed by atoms with Crippen LogP contribution in [0.2, 0.25) is 5.02 Å². The minimum absolute atomic E-state index is 0.279. The second-order valence-corrected chi connectivity index (χ2v) is 6.16. The third kappa shape index (κ3) is 4.35. The Morgan fingerprint density at radius 2 is 1.96 bits per heavy atom. The number of esters is 1. The number of methoxy groups -OCH3 is 2. The number of ether oxygens (including phenoxy) is 2. The molecule has 0 bridgehead atoms. The van der Waals surface area contributed by atoms with Gasteiger partial charge in [0.2, 0.25) is 0 Å². The van der Waals surface area contributed by atoms with Crippen LogP contribution in [0.5, 0.6) is 0 Å². The Hall–Kier alpha value is -3.12. The number of aromatic nitrogens is 3. The van der Waals surface area contributed by atoms with Crippen LogP contribution in [0.3, 0.4) is 0 Å². The van der Waals surface area contributed by atoms with Crippen molar-refractivity contribution in [3.8, 4) is 11.3 Å². The molecule has 0 saturated carbocycles. The predicted molar refractivity (Wildman–Crippen MR) is 103 cm³/mol. The number of rotatable bonds is 6. The highest BCUT2D eigenvalue weighted by Crippen LogP contribution is 2.26. The second-order valence-electron chi connectivity index (χ2n) is 5.73. The van der Waals surface area contributed by atoms with Gasteiger partial charge in [0.25, 0.3) is 0 Å². The molecule has 0 saturated heterocycles. The van der Waals surface area contributed by atoms with Crippen LogP contribution in [0.4, 0.5) is 0 Å². The summed E-state index contributed by atoms with van der Waals surface area (Å²) in [6.07, 6.45) is 3.20. The van der Waals surface area contributed by atoms with Gasteiger partial charge < -0.3 is 9.47 Å². The lowest BCUT2D eigenvalue weighted by Gasteiger charge is -2.12. The summed E-state index contributed by atoms with van der Waals surface area (Å²) < 4.78 is 11.6. The maximum Gasteiger partial charge on any atom is 0.341 e. The van der Waals surface area contributed by atoms with E-state index in [2.05, 4.69) is 10.3 Å². The molecule has 0 amide bonds. The molecular formula is C20H18ClN3O3. The lowest BCUT2D eigenvalue weighted by Crippen LogP contribution is -2.09. The van der Waals surface area contributed by atoms with E-state index >= 15 is 0 Å². The molecule has 0 spiro atoms. The summed E-state index contributed by atoms with van der Waals surface area (Å²) in [4.78, 5) is 12.2. The zero-order valence-corrected chi connectivity index (χ0v) is 15.7. The minimum atomic E-state index is -0.510. The summed E-state index contributed by atoms with van der Waals surface area (Å²) in [5, 5.41) is 8.91. The molecule has 7 heteroatoms. The van der Waals surface area contributed by atoms with E-state index in [-0.39, 0.29) is 5.57 Å². The van der Waals surface area contributed by atoms with Gasteiger partial charge in [-0.2, -0.15) is 0 Å².